The normalized spacial score (nSPS) is 29.5. The molecule has 2 aliphatic rings. The molecule has 1 N–H and O–H groups in total. The Morgan fingerprint density at radius 2 is 2.11 bits per heavy atom. The Bertz CT molecular complexity index is 493. The highest BCUT2D eigenvalue weighted by atomic mass is 16.2. The lowest BCUT2D eigenvalue weighted by molar-refractivity contribution is -0.132. The number of nitrogens with one attached hydrogen (secondary N) is 1. The second-order valence-corrected chi connectivity index (χ2v) is 5.78. The molecule has 1 amide bonds. The lowest BCUT2D eigenvalue weighted by Crippen LogP contribution is -2.37. The Morgan fingerprint density at radius 1 is 1.42 bits per heavy atom. The maximum absolute atomic E-state index is 12.2. The summed E-state index contributed by atoms with van der Waals surface area (Å²) >= 11 is 0. The fraction of sp³-hybridized carbons (Fsp3) is 0.643. The predicted molar refractivity (Wildman–Crippen MR) is 69.0 cm³/mol. The van der Waals surface area contributed by atoms with Gasteiger partial charge in [0.2, 0.25) is 5.91 Å². The first-order valence-electron chi connectivity index (χ1n) is 6.92. The van der Waals surface area contributed by atoms with Crippen LogP contribution in [0.5, 0.6) is 0 Å². The molecule has 1 heterocycles. The summed E-state index contributed by atoms with van der Waals surface area (Å²) in [5, 5.41) is 7.03. The van der Waals surface area contributed by atoms with Crippen LogP contribution in [0.4, 0.5) is 0 Å². The molecule has 2 aliphatic carbocycles. The van der Waals surface area contributed by atoms with Crippen molar-refractivity contribution in [3.05, 3.63) is 18.0 Å². The van der Waals surface area contributed by atoms with Gasteiger partial charge in [-0.05, 0) is 25.7 Å². The van der Waals surface area contributed by atoms with Gasteiger partial charge < -0.3 is 5.32 Å². The highest BCUT2D eigenvalue weighted by Gasteiger charge is 2.43. The first-order valence-corrected chi connectivity index (χ1v) is 6.92. The number of aromatic nitrogens is 2. The van der Waals surface area contributed by atoms with Crippen molar-refractivity contribution in [2.24, 2.45) is 24.8 Å². The second kappa shape index (κ2) is 4.79. The van der Waals surface area contributed by atoms with Gasteiger partial charge in [0, 0.05) is 43.1 Å². The third-order valence-corrected chi connectivity index (χ3v) is 4.40. The van der Waals surface area contributed by atoms with E-state index in [-0.39, 0.29) is 23.7 Å². The maximum Gasteiger partial charge on any atom is 0.223 e. The van der Waals surface area contributed by atoms with Crippen molar-refractivity contribution in [3.63, 3.8) is 0 Å². The van der Waals surface area contributed by atoms with E-state index in [9.17, 15) is 9.59 Å². The number of ketones is 1. The van der Waals surface area contributed by atoms with E-state index in [2.05, 4.69) is 10.4 Å². The quantitative estimate of drug-likeness (QED) is 0.884. The number of rotatable bonds is 3. The monoisotopic (exact) mass is 261 g/mol. The van der Waals surface area contributed by atoms with Gasteiger partial charge in [-0.15, -0.1) is 0 Å². The molecule has 0 spiro atoms. The number of Topliss-reactive ketones (excluding diaryl/α,β-unsaturated/α-hetero) is 1. The molecule has 5 heteroatoms. The molecule has 19 heavy (non-hydrogen) atoms. The zero-order valence-corrected chi connectivity index (χ0v) is 11.1. The molecule has 0 radical (unpaired) electrons. The molecule has 2 saturated carbocycles. The van der Waals surface area contributed by atoms with Crippen LogP contribution < -0.4 is 5.32 Å². The summed E-state index contributed by atoms with van der Waals surface area (Å²) in [5.41, 5.74) is 1.01. The first-order chi connectivity index (χ1) is 9.13. The van der Waals surface area contributed by atoms with Crippen molar-refractivity contribution < 1.29 is 9.59 Å². The van der Waals surface area contributed by atoms with Gasteiger partial charge in [0.1, 0.15) is 5.78 Å². The van der Waals surface area contributed by atoms with Crippen LogP contribution in [-0.4, -0.2) is 21.5 Å². The van der Waals surface area contributed by atoms with E-state index < -0.39 is 0 Å². The van der Waals surface area contributed by atoms with E-state index >= 15 is 0 Å². The van der Waals surface area contributed by atoms with Crippen LogP contribution in [0.3, 0.4) is 0 Å². The van der Waals surface area contributed by atoms with E-state index in [0.29, 0.717) is 12.3 Å². The number of carbonyl (C=O) groups excluding carboxylic acids is 2. The zero-order valence-electron chi connectivity index (χ0n) is 11.1. The van der Waals surface area contributed by atoms with Crippen LogP contribution in [-0.2, 0) is 23.2 Å². The van der Waals surface area contributed by atoms with Gasteiger partial charge in [-0.25, -0.2) is 0 Å². The maximum atomic E-state index is 12.2. The minimum absolute atomic E-state index is 0.0203. The first kappa shape index (κ1) is 12.4. The lowest BCUT2D eigenvalue weighted by Gasteiger charge is -2.25. The molecule has 2 fully saturated rings. The Balaban J connectivity index is 1.55. The third kappa shape index (κ3) is 2.41. The van der Waals surface area contributed by atoms with Gasteiger partial charge in [-0.2, -0.15) is 5.10 Å². The number of hydrogen-bond donors (Lipinski definition) is 1. The minimum Gasteiger partial charge on any atom is -0.352 e. The Hall–Kier alpha value is -1.65. The standard InChI is InChI=1S/C14H19N3O2/c1-17-8-9(7-16-17)6-15-14(19)12-4-10-2-3-11(5-12)13(10)18/h7-8,10-12H,2-6H2,1H3,(H,15,19). The van der Waals surface area contributed by atoms with Crippen molar-refractivity contribution in [1.82, 2.24) is 15.1 Å². The molecule has 1 aromatic heterocycles. The SMILES string of the molecule is Cn1cc(CNC(=O)C2CC3CCC(C2)C3=O)cn1. The largest absolute Gasteiger partial charge is 0.352 e. The number of fused-ring (bicyclic) bond motifs is 2. The van der Waals surface area contributed by atoms with Crippen LogP contribution >= 0.6 is 0 Å². The molecule has 0 aliphatic heterocycles. The topological polar surface area (TPSA) is 64.0 Å². The fourth-order valence-electron chi connectivity index (χ4n) is 3.38. The molecule has 102 valence electrons. The van der Waals surface area contributed by atoms with Crippen molar-refractivity contribution in [2.75, 3.05) is 0 Å². The van der Waals surface area contributed by atoms with Gasteiger partial charge in [-0.1, -0.05) is 0 Å². The molecule has 2 atom stereocenters. The van der Waals surface area contributed by atoms with Crippen LogP contribution in [0, 0.1) is 17.8 Å². The zero-order chi connectivity index (χ0) is 13.4. The van der Waals surface area contributed by atoms with Crippen molar-refractivity contribution in [3.8, 4) is 0 Å². The fourth-order valence-corrected chi connectivity index (χ4v) is 3.38. The van der Waals surface area contributed by atoms with Crippen LogP contribution in [0.25, 0.3) is 0 Å². The number of nitrogens with zero attached hydrogens (tertiary/aromatic N) is 2. The van der Waals surface area contributed by atoms with E-state index in [0.717, 1.165) is 31.2 Å². The van der Waals surface area contributed by atoms with Gasteiger partial charge >= 0.3 is 0 Å². The molecule has 5 nitrogen and oxygen atoms in total. The van der Waals surface area contributed by atoms with Gasteiger partial charge in [0.25, 0.3) is 0 Å². The van der Waals surface area contributed by atoms with Crippen LogP contribution in [0.15, 0.2) is 12.4 Å². The summed E-state index contributed by atoms with van der Waals surface area (Å²) in [5.74, 6) is 0.803. The number of aryl methyl sites for hydroxylation is 1. The highest BCUT2D eigenvalue weighted by Crippen LogP contribution is 2.41. The minimum atomic E-state index is 0.0203. The van der Waals surface area contributed by atoms with Gasteiger partial charge in [0.15, 0.2) is 0 Å². The van der Waals surface area contributed by atoms with E-state index in [4.69, 9.17) is 0 Å². The Morgan fingerprint density at radius 3 is 2.68 bits per heavy atom. The summed E-state index contributed by atoms with van der Waals surface area (Å²) in [6.45, 7) is 0.520. The van der Waals surface area contributed by atoms with Crippen LogP contribution in [0.2, 0.25) is 0 Å². The summed E-state index contributed by atoms with van der Waals surface area (Å²) in [4.78, 5) is 23.9. The molecule has 0 saturated heterocycles. The summed E-state index contributed by atoms with van der Waals surface area (Å²) in [7, 11) is 1.86. The smallest absolute Gasteiger partial charge is 0.223 e. The molecule has 1 aromatic rings. The summed E-state index contributed by atoms with van der Waals surface area (Å²) < 4.78 is 1.72. The molecule has 0 aromatic carbocycles. The average molecular weight is 261 g/mol. The Labute approximate surface area is 112 Å². The summed E-state index contributed by atoms with van der Waals surface area (Å²) in [6, 6.07) is 0. The summed E-state index contributed by atoms with van der Waals surface area (Å²) in [6.07, 6.45) is 7.11. The predicted octanol–water partition coefficient (Wildman–Crippen LogP) is 1.04. The Kier molecular flexibility index (Phi) is 3.12. The third-order valence-electron chi connectivity index (χ3n) is 4.40. The van der Waals surface area contributed by atoms with Crippen molar-refractivity contribution >= 4 is 11.7 Å². The number of carbonyl (C=O) groups is 2. The van der Waals surface area contributed by atoms with Gasteiger partial charge in [-0.3, -0.25) is 14.3 Å². The number of hydrogen-bond acceptors (Lipinski definition) is 3. The van der Waals surface area contributed by atoms with E-state index in [1.807, 2.05) is 13.2 Å². The van der Waals surface area contributed by atoms with E-state index in [1.165, 1.54) is 0 Å². The lowest BCUT2D eigenvalue weighted by atomic mass is 9.79. The molecular formula is C14H19N3O2. The molecule has 2 unspecified atom stereocenters. The molecular weight excluding hydrogens is 242 g/mol. The average Bonchev–Trinajstić information content (AvgIpc) is 2.86. The molecule has 2 bridgehead atoms. The highest BCUT2D eigenvalue weighted by molar-refractivity contribution is 5.89. The van der Waals surface area contributed by atoms with Crippen LogP contribution in [0.1, 0.15) is 31.2 Å². The second-order valence-electron chi connectivity index (χ2n) is 5.78. The van der Waals surface area contributed by atoms with Crippen molar-refractivity contribution in [1.29, 1.82) is 0 Å². The van der Waals surface area contributed by atoms with E-state index in [1.54, 1.807) is 10.9 Å². The van der Waals surface area contributed by atoms with Crippen molar-refractivity contribution in [2.45, 2.75) is 32.2 Å². The molecule has 3 rings (SSSR count). The number of amides is 1. The van der Waals surface area contributed by atoms with Gasteiger partial charge in [0.05, 0.1) is 6.20 Å².